The van der Waals surface area contributed by atoms with Gasteiger partial charge in [-0.3, -0.25) is 9.59 Å². The van der Waals surface area contributed by atoms with E-state index in [1.165, 1.54) is 23.6 Å². The van der Waals surface area contributed by atoms with Gasteiger partial charge >= 0.3 is 12.1 Å². The van der Waals surface area contributed by atoms with E-state index in [4.69, 9.17) is 23.2 Å². The predicted molar refractivity (Wildman–Crippen MR) is 111 cm³/mol. The summed E-state index contributed by atoms with van der Waals surface area (Å²) in [4.78, 5) is 28.1. The van der Waals surface area contributed by atoms with Gasteiger partial charge in [0.25, 0.3) is 5.91 Å². The molecule has 0 bridgehead atoms. The van der Waals surface area contributed by atoms with Crippen LogP contribution < -0.4 is 5.32 Å². The van der Waals surface area contributed by atoms with Crippen LogP contribution in [0.25, 0.3) is 10.6 Å². The van der Waals surface area contributed by atoms with Gasteiger partial charge in [0.15, 0.2) is 0 Å². The Morgan fingerprint density at radius 3 is 2.42 bits per heavy atom. The van der Waals surface area contributed by atoms with Crippen LogP contribution in [0.1, 0.15) is 34.1 Å². The Labute approximate surface area is 188 Å². The highest BCUT2D eigenvalue weighted by Crippen LogP contribution is 2.33. The number of thiazole rings is 1. The minimum absolute atomic E-state index is 0.00608. The van der Waals surface area contributed by atoms with Crippen LogP contribution >= 0.6 is 34.5 Å². The first-order valence-electron chi connectivity index (χ1n) is 8.66. The SMILES string of the molecule is O=C(O)CC(NC(=O)c1csc(-c2ccc(C(F)(F)F)cc2)n1)c1cccc(Cl)c1Cl. The van der Waals surface area contributed by atoms with E-state index in [2.05, 4.69) is 10.3 Å². The van der Waals surface area contributed by atoms with Crippen molar-refractivity contribution in [3.63, 3.8) is 0 Å². The highest BCUT2D eigenvalue weighted by molar-refractivity contribution is 7.13. The van der Waals surface area contributed by atoms with Crippen molar-refractivity contribution < 1.29 is 27.9 Å². The molecule has 0 aliphatic carbocycles. The summed E-state index contributed by atoms with van der Waals surface area (Å²) >= 11 is 13.2. The van der Waals surface area contributed by atoms with E-state index in [1.807, 2.05) is 0 Å². The van der Waals surface area contributed by atoms with Gasteiger partial charge in [-0.1, -0.05) is 47.5 Å². The molecule has 1 aromatic heterocycles. The molecule has 1 heterocycles. The molecule has 3 rings (SSSR count). The lowest BCUT2D eigenvalue weighted by molar-refractivity contribution is -0.138. The van der Waals surface area contributed by atoms with E-state index in [0.29, 0.717) is 16.1 Å². The molecule has 0 saturated carbocycles. The lowest BCUT2D eigenvalue weighted by atomic mass is 10.0. The summed E-state index contributed by atoms with van der Waals surface area (Å²) in [5.74, 6) is -1.82. The Balaban J connectivity index is 1.81. The molecule has 3 aromatic rings. The van der Waals surface area contributed by atoms with Crippen molar-refractivity contribution >= 4 is 46.4 Å². The molecular weight excluding hydrogens is 476 g/mol. The van der Waals surface area contributed by atoms with Crippen LogP contribution in [0.5, 0.6) is 0 Å². The van der Waals surface area contributed by atoms with Crippen LogP contribution in [0, 0.1) is 0 Å². The molecule has 0 spiro atoms. The molecule has 1 unspecified atom stereocenters. The summed E-state index contributed by atoms with van der Waals surface area (Å²) in [7, 11) is 0. The summed E-state index contributed by atoms with van der Waals surface area (Å²) in [6, 6.07) is 8.09. The number of nitrogens with one attached hydrogen (secondary N) is 1. The van der Waals surface area contributed by atoms with Crippen LogP contribution in [0.2, 0.25) is 10.0 Å². The second kappa shape index (κ2) is 9.25. The Morgan fingerprint density at radius 1 is 1.13 bits per heavy atom. The number of carbonyl (C=O) groups excluding carboxylic acids is 1. The zero-order chi connectivity index (χ0) is 22.8. The van der Waals surface area contributed by atoms with Gasteiger partial charge in [0.05, 0.1) is 28.1 Å². The van der Waals surface area contributed by atoms with Gasteiger partial charge in [0.2, 0.25) is 0 Å². The second-order valence-corrected chi connectivity index (χ2v) is 8.02. The molecule has 1 amide bonds. The number of carbonyl (C=O) groups is 2. The van der Waals surface area contributed by atoms with Crippen molar-refractivity contribution in [2.24, 2.45) is 0 Å². The minimum atomic E-state index is -4.45. The molecule has 0 radical (unpaired) electrons. The van der Waals surface area contributed by atoms with E-state index in [-0.39, 0.29) is 15.7 Å². The van der Waals surface area contributed by atoms with E-state index >= 15 is 0 Å². The van der Waals surface area contributed by atoms with Crippen molar-refractivity contribution in [3.8, 4) is 10.6 Å². The van der Waals surface area contributed by atoms with E-state index in [1.54, 1.807) is 12.1 Å². The number of halogens is 5. The van der Waals surface area contributed by atoms with Crippen molar-refractivity contribution in [2.75, 3.05) is 0 Å². The minimum Gasteiger partial charge on any atom is -0.481 e. The molecule has 2 N–H and O–H groups in total. The fraction of sp³-hybridized carbons (Fsp3) is 0.150. The summed E-state index contributed by atoms with van der Waals surface area (Å²) in [6.45, 7) is 0. The molecule has 0 saturated heterocycles. The number of benzene rings is 2. The maximum atomic E-state index is 12.7. The van der Waals surface area contributed by atoms with Crippen LogP contribution in [0.15, 0.2) is 47.8 Å². The number of carboxylic acid groups (broad SMARTS) is 1. The second-order valence-electron chi connectivity index (χ2n) is 6.38. The molecule has 162 valence electrons. The van der Waals surface area contributed by atoms with Gasteiger partial charge in [-0.15, -0.1) is 11.3 Å². The maximum Gasteiger partial charge on any atom is 0.416 e. The van der Waals surface area contributed by atoms with Crippen LogP contribution in [0.3, 0.4) is 0 Å². The average molecular weight is 489 g/mol. The van der Waals surface area contributed by atoms with Gasteiger partial charge in [-0.2, -0.15) is 13.2 Å². The summed E-state index contributed by atoms with van der Waals surface area (Å²) in [6.07, 6.45) is -4.89. The van der Waals surface area contributed by atoms with Crippen LogP contribution in [-0.2, 0) is 11.0 Å². The number of rotatable bonds is 6. The third-order valence-corrected chi connectivity index (χ3v) is 5.96. The first kappa shape index (κ1) is 23.1. The van der Waals surface area contributed by atoms with Gasteiger partial charge in [-0.25, -0.2) is 4.98 Å². The number of amides is 1. The quantitative estimate of drug-likeness (QED) is 0.440. The molecule has 1 atom stereocenters. The first-order chi connectivity index (χ1) is 14.6. The number of carboxylic acids is 1. The molecule has 11 heteroatoms. The lowest BCUT2D eigenvalue weighted by Crippen LogP contribution is -2.30. The third kappa shape index (κ3) is 5.55. The van der Waals surface area contributed by atoms with Gasteiger partial charge in [0, 0.05) is 10.9 Å². The lowest BCUT2D eigenvalue weighted by Gasteiger charge is -2.18. The molecule has 5 nitrogen and oxygen atoms in total. The van der Waals surface area contributed by atoms with Gasteiger partial charge < -0.3 is 10.4 Å². The first-order valence-corrected chi connectivity index (χ1v) is 10.3. The smallest absolute Gasteiger partial charge is 0.416 e. The highest BCUT2D eigenvalue weighted by atomic mass is 35.5. The number of hydrogen-bond acceptors (Lipinski definition) is 4. The number of aliphatic carboxylic acids is 1. The Kier molecular flexibility index (Phi) is 6.88. The molecule has 2 aromatic carbocycles. The standard InChI is InChI=1S/C20H13Cl2F3N2O3S/c21-13-3-1-2-12(17(13)22)14(8-16(28)29)26-18(30)15-9-31-19(27-15)10-4-6-11(7-5-10)20(23,24)25/h1-7,9,14H,8H2,(H,26,30)(H,28,29). The topological polar surface area (TPSA) is 79.3 Å². The number of aromatic nitrogens is 1. The average Bonchev–Trinajstić information content (AvgIpc) is 3.19. The van der Waals surface area contributed by atoms with Crippen LogP contribution in [0.4, 0.5) is 13.2 Å². The highest BCUT2D eigenvalue weighted by Gasteiger charge is 2.30. The van der Waals surface area contributed by atoms with Crippen LogP contribution in [-0.4, -0.2) is 22.0 Å². The number of hydrogen-bond donors (Lipinski definition) is 2. The third-order valence-electron chi connectivity index (χ3n) is 4.24. The molecule has 31 heavy (non-hydrogen) atoms. The van der Waals surface area contributed by atoms with Crippen molar-refractivity contribution in [1.82, 2.24) is 10.3 Å². The van der Waals surface area contributed by atoms with Gasteiger partial charge in [-0.05, 0) is 23.8 Å². The van der Waals surface area contributed by atoms with Crippen molar-refractivity contribution in [2.45, 2.75) is 18.6 Å². The summed E-state index contributed by atoms with van der Waals surface area (Å²) in [5.41, 5.74) is -0.0470. The summed E-state index contributed by atoms with van der Waals surface area (Å²) in [5, 5.41) is 13.9. The maximum absolute atomic E-state index is 12.7. The van der Waals surface area contributed by atoms with E-state index < -0.39 is 36.1 Å². The zero-order valence-corrected chi connectivity index (χ0v) is 17.7. The van der Waals surface area contributed by atoms with Gasteiger partial charge in [0.1, 0.15) is 10.7 Å². The monoisotopic (exact) mass is 488 g/mol. The Morgan fingerprint density at radius 2 is 1.81 bits per heavy atom. The number of alkyl halides is 3. The molecular formula is C20H13Cl2F3N2O3S. The fourth-order valence-electron chi connectivity index (χ4n) is 2.75. The number of nitrogens with zero attached hydrogens (tertiary/aromatic N) is 1. The Hall–Kier alpha value is -2.62. The van der Waals surface area contributed by atoms with Crippen molar-refractivity contribution in [1.29, 1.82) is 0 Å². The summed E-state index contributed by atoms with van der Waals surface area (Å²) < 4.78 is 38.1. The molecule has 0 aliphatic heterocycles. The van der Waals surface area contributed by atoms with E-state index in [9.17, 15) is 27.9 Å². The molecule has 0 fully saturated rings. The van der Waals surface area contributed by atoms with E-state index in [0.717, 1.165) is 23.5 Å². The van der Waals surface area contributed by atoms with Crippen molar-refractivity contribution in [3.05, 3.63) is 74.7 Å². The molecule has 0 aliphatic rings. The Bertz CT molecular complexity index is 1120. The predicted octanol–water partition coefficient (Wildman–Crippen LogP) is 6.08. The normalized spacial score (nSPS) is 12.4. The largest absolute Gasteiger partial charge is 0.481 e. The fourth-order valence-corrected chi connectivity index (χ4v) is 3.99. The zero-order valence-electron chi connectivity index (χ0n) is 15.4.